The van der Waals surface area contributed by atoms with Crippen LogP contribution < -0.4 is 5.32 Å². The SMILES string of the molecule is C=C(Nc1ccc(C)cc1)/C(=C(Cl)\N=C(/C)c1cccc(CCC)n1)C(F)(F)F. The van der Waals surface area contributed by atoms with Gasteiger partial charge in [-0.2, -0.15) is 13.2 Å². The smallest absolute Gasteiger partial charge is 0.355 e. The Labute approximate surface area is 174 Å². The van der Waals surface area contributed by atoms with Gasteiger partial charge in [-0.15, -0.1) is 0 Å². The molecule has 0 fully saturated rings. The Morgan fingerprint density at radius 2 is 1.83 bits per heavy atom. The summed E-state index contributed by atoms with van der Waals surface area (Å²) in [6.07, 6.45) is -3.04. The highest BCUT2D eigenvalue weighted by molar-refractivity contribution is 6.31. The maximum Gasteiger partial charge on any atom is 0.421 e. The molecule has 0 saturated carbocycles. The van der Waals surface area contributed by atoms with Crippen molar-refractivity contribution in [1.82, 2.24) is 4.98 Å². The van der Waals surface area contributed by atoms with E-state index in [0.717, 1.165) is 24.1 Å². The lowest BCUT2D eigenvalue weighted by atomic mass is 10.1. The summed E-state index contributed by atoms with van der Waals surface area (Å²) in [4.78, 5) is 8.40. The van der Waals surface area contributed by atoms with Crippen molar-refractivity contribution in [2.75, 3.05) is 5.32 Å². The van der Waals surface area contributed by atoms with Crippen LogP contribution in [0.5, 0.6) is 0 Å². The summed E-state index contributed by atoms with van der Waals surface area (Å²) in [5, 5.41) is 1.96. The Balaban J connectivity index is 2.38. The number of aliphatic imine (C=N–C) groups is 1. The lowest BCUT2D eigenvalue weighted by Crippen LogP contribution is -2.19. The fraction of sp³-hybridized carbons (Fsp3) is 0.273. The molecule has 3 nitrogen and oxygen atoms in total. The van der Waals surface area contributed by atoms with Crippen LogP contribution in [0, 0.1) is 6.92 Å². The summed E-state index contributed by atoms with van der Waals surface area (Å²) in [5.41, 5.74) is 1.58. The lowest BCUT2D eigenvalue weighted by molar-refractivity contribution is -0.0895. The van der Waals surface area contributed by atoms with Gasteiger partial charge in [-0.1, -0.05) is 55.3 Å². The van der Waals surface area contributed by atoms with Gasteiger partial charge in [-0.3, -0.25) is 4.98 Å². The molecule has 154 valence electrons. The molecule has 1 N–H and O–H groups in total. The third kappa shape index (κ3) is 6.46. The molecule has 0 bridgehead atoms. The highest BCUT2D eigenvalue weighted by Crippen LogP contribution is 2.35. The third-order valence-corrected chi connectivity index (χ3v) is 4.36. The standard InChI is InChI=1S/C22H23ClF3N3/c1-5-7-17-8-6-9-19(29-17)15(3)28-21(23)20(22(24,25)26)16(4)27-18-12-10-14(2)11-13-18/h6,8-13,27H,4-5,7H2,1-3H3/b21-20+,28-15+. The van der Waals surface area contributed by atoms with Crippen LogP contribution in [-0.4, -0.2) is 16.9 Å². The quantitative estimate of drug-likeness (QED) is 0.303. The van der Waals surface area contributed by atoms with Crippen LogP contribution in [0.1, 0.15) is 37.2 Å². The largest absolute Gasteiger partial charge is 0.421 e. The van der Waals surface area contributed by atoms with Gasteiger partial charge in [0.1, 0.15) is 10.7 Å². The second-order valence-electron chi connectivity index (χ2n) is 6.59. The fourth-order valence-electron chi connectivity index (χ4n) is 2.62. The topological polar surface area (TPSA) is 37.3 Å². The molecule has 0 atom stereocenters. The minimum atomic E-state index is -4.73. The average Bonchev–Trinajstić information content (AvgIpc) is 2.63. The number of pyridine rings is 1. The Kier molecular flexibility index (Phi) is 7.62. The maximum absolute atomic E-state index is 13.7. The van der Waals surface area contributed by atoms with E-state index in [1.807, 2.05) is 19.9 Å². The van der Waals surface area contributed by atoms with Crippen LogP contribution in [0.3, 0.4) is 0 Å². The number of aromatic nitrogens is 1. The summed E-state index contributed by atoms with van der Waals surface area (Å²) >= 11 is 6.01. The molecule has 1 heterocycles. The molecule has 0 aliphatic rings. The molecule has 0 radical (unpaired) electrons. The molecule has 1 aromatic heterocycles. The number of benzene rings is 1. The van der Waals surface area contributed by atoms with Gasteiger partial charge >= 0.3 is 6.18 Å². The summed E-state index contributed by atoms with van der Waals surface area (Å²) in [6, 6.07) is 12.3. The number of halogens is 4. The van der Waals surface area contributed by atoms with E-state index in [0.29, 0.717) is 11.4 Å². The molecule has 2 rings (SSSR count). The van der Waals surface area contributed by atoms with Gasteiger partial charge in [0.15, 0.2) is 0 Å². The first-order valence-corrected chi connectivity index (χ1v) is 9.51. The van der Waals surface area contributed by atoms with E-state index >= 15 is 0 Å². The number of rotatable bonds is 7. The molecular formula is C22H23ClF3N3. The normalized spacial score (nSPS) is 13.1. The molecule has 2 aromatic rings. The second-order valence-corrected chi connectivity index (χ2v) is 6.95. The highest BCUT2D eigenvalue weighted by atomic mass is 35.5. The molecular weight excluding hydrogens is 399 g/mol. The first-order chi connectivity index (χ1) is 13.6. The molecule has 0 aliphatic heterocycles. The molecule has 29 heavy (non-hydrogen) atoms. The summed E-state index contributed by atoms with van der Waals surface area (Å²) in [7, 11) is 0. The molecule has 0 saturated heterocycles. The number of nitrogens with one attached hydrogen (secondary N) is 1. The zero-order chi connectivity index (χ0) is 21.6. The van der Waals surface area contributed by atoms with Crippen LogP contribution in [0.25, 0.3) is 0 Å². The number of aryl methyl sites for hydroxylation is 2. The molecule has 0 aliphatic carbocycles. The van der Waals surface area contributed by atoms with Crippen molar-refractivity contribution in [2.45, 2.75) is 39.8 Å². The predicted octanol–water partition coefficient (Wildman–Crippen LogP) is 6.79. The van der Waals surface area contributed by atoms with Crippen molar-refractivity contribution in [1.29, 1.82) is 0 Å². The van der Waals surface area contributed by atoms with Crippen molar-refractivity contribution in [3.05, 3.63) is 82.4 Å². The van der Waals surface area contributed by atoms with Crippen molar-refractivity contribution in [3.8, 4) is 0 Å². The van der Waals surface area contributed by atoms with E-state index < -0.39 is 16.9 Å². The number of alkyl halides is 3. The molecule has 0 amide bonds. The number of allylic oxidation sites excluding steroid dienone is 1. The summed E-state index contributed by atoms with van der Waals surface area (Å²) in [5.74, 6) is 0. The number of nitrogens with zero attached hydrogens (tertiary/aromatic N) is 2. The van der Waals surface area contributed by atoms with Gasteiger partial charge < -0.3 is 5.32 Å². The van der Waals surface area contributed by atoms with E-state index in [2.05, 4.69) is 21.9 Å². The molecule has 7 heteroatoms. The molecule has 1 aromatic carbocycles. The monoisotopic (exact) mass is 421 g/mol. The highest BCUT2D eigenvalue weighted by Gasteiger charge is 2.38. The first-order valence-electron chi connectivity index (χ1n) is 9.13. The fourth-order valence-corrected chi connectivity index (χ4v) is 2.97. The predicted molar refractivity (Wildman–Crippen MR) is 113 cm³/mol. The number of hydrogen-bond acceptors (Lipinski definition) is 3. The van der Waals surface area contributed by atoms with Crippen LogP contribution >= 0.6 is 11.6 Å². The van der Waals surface area contributed by atoms with Crippen molar-refractivity contribution in [2.24, 2.45) is 4.99 Å². The van der Waals surface area contributed by atoms with Crippen LogP contribution in [0.2, 0.25) is 0 Å². The Bertz CT molecular complexity index is 929. The summed E-state index contributed by atoms with van der Waals surface area (Å²) < 4.78 is 41.0. The van der Waals surface area contributed by atoms with Crippen LogP contribution in [0.4, 0.5) is 18.9 Å². The van der Waals surface area contributed by atoms with Gasteiger partial charge in [-0.25, -0.2) is 4.99 Å². The third-order valence-electron chi connectivity index (χ3n) is 4.09. The lowest BCUT2D eigenvalue weighted by Gasteiger charge is -2.17. The number of anilines is 1. The average molecular weight is 422 g/mol. The first kappa shape index (κ1) is 22.7. The van der Waals surface area contributed by atoms with Crippen molar-refractivity contribution < 1.29 is 13.2 Å². The zero-order valence-electron chi connectivity index (χ0n) is 16.6. The number of hydrogen-bond donors (Lipinski definition) is 1. The second kappa shape index (κ2) is 9.74. The van der Waals surface area contributed by atoms with E-state index in [4.69, 9.17) is 11.6 Å². The zero-order valence-corrected chi connectivity index (χ0v) is 17.3. The molecule has 0 spiro atoms. The van der Waals surface area contributed by atoms with E-state index in [1.54, 1.807) is 43.3 Å². The Morgan fingerprint density at radius 3 is 2.41 bits per heavy atom. The molecule has 0 unspecified atom stereocenters. The van der Waals surface area contributed by atoms with Crippen molar-refractivity contribution >= 4 is 23.0 Å². The van der Waals surface area contributed by atoms with E-state index in [-0.39, 0.29) is 11.4 Å². The van der Waals surface area contributed by atoms with Crippen molar-refractivity contribution in [3.63, 3.8) is 0 Å². The Morgan fingerprint density at radius 1 is 1.17 bits per heavy atom. The minimum Gasteiger partial charge on any atom is -0.355 e. The summed E-state index contributed by atoms with van der Waals surface area (Å²) in [6.45, 7) is 9.01. The minimum absolute atomic E-state index is 0.290. The van der Waals surface area contributed by atoms with Gasteiger partial charge in [-0.05, 0) is 44.5 Å². The van der Waals surface area contributed by atoms with E-state index in [9.17, 15) is 13.2 Å². The van der Waals surface area contributed by atoms with Crippen LogP contribution in [0.15, 0.2) is 70.5 Å². The van der Waals surface area contributed by atoms with Gasteiger partial charge in [0.2, 0.25) is 0 Å². The maximum atomic E-state index is 13.7. The Hall–Kier alpha value is -2.60. The van der Waals surface area contributed by atoms with Gasteiger partial charge in [0.05, 0.1) is 11.4 Å². The van der Waals surface area contributed by atoms with Crippen LogP contribution in [-0.2, 0) is 6.42 Å². The van der Waals surface area contributed by atoms with Gasteiger partial charge in [0, 0.05) is 17.1 Å². The van der Waals surface area contributed by atoms with Gasteiger partial charge in [0.25, 0.3) is 0 Å². The van der Waals surface area contributed by atoms with E-state index in [1.165, 1.54) is 0 Å².